The smallest absolute Gasteiger partial charge is 0.317 e. The molecule has 2 aliphatic rings. The van der Waals surface area contributed by atoms with Gasteiger partial charge in [0.2, 0.25) is 5.91 Å². The minimum atomic E-state index is -0.131. The molecule has 1 N–H and O–H groups in total. The van der Waals surface area contributed by atoms with Crippen molar-refractivity contribution in [1.82, 2.24) is 15.1 Å². The van der Waals surface area contributed by atoms with Crippen LogP contribution in [0.25, 0.3) is 0 Å². The van der Waals surface area contributed by atoms with E-state index in [9.17, 15) is 9.59 Å². The number of hydrogen-bond acceptors (Lipinski definition) is 2. The zero-order chi connectivity index (χ0) is 16.9. The van der Waals surface area contributed by atoms with Gasteiger partial charge in [0.25, 0.3) is 0 Å². The molecule has 2 saturated heterocycles. The van der Waals surface area contributed by atoms with Crippen molar-refractivity contribution < 1.29 is 9.59 Å². The number of nitrogens with zero attached hydrogens (tertiary/aromatic N) is 2. The number of nitrogens with one attached hydrogen (secondary N) is 1. The predicted molar refractivity (Wildman–Crippen MR) is 93.7 cm³/mol. The van der Waals surface area contributed by atoms with E-state index in [1.807, 2.05) is 30.0 Å². The third kappa shape index (κ3) is 3.55. The molecule has 2 atom stereocenters. The maximum Gasteiger partial charge on any atom is 0.317 e. The number of piperidine rings is 1. The lowest BCUT2D eigenvalue weighted by molar-refractivity contribution is -0.136. The summed E-state index contributed by atoms with van der Waals surface area (Å²) in [5, 5.41) is 2.86. The van der Waals surface area contributed by atoms with Gasteiger partial charge in [-0.05, 0) is 31.7 Å². The highest BCUT2D eigenvalue weighted by Crippen LogP contribution is 2.34. The molecule has 130 valence electrons. The van der Waals surface area contributed by atoms with Crippen molar-refractivity contribution in [3.63, 3.8) is 0 Å². The Morgan fingerprint density at radius 1 is 1.04 bits per heavy atom. The Morgan fingerprint density at radius 2 is 1.75 bits per heavy atom. The van der Waals surface area contributed by atoms with E-state index in [0.717, 1.165) is 31.5 Å². The lowest BCUT2D eigenvalue weighted by Crippen LogP contribution is -2.43. The molecule has 2 aliphatic heterocycles. The van der Waals surface area contributed by atoms with Crippen molar-refractivity contribution in [2.24, 2.45) is 5.92 Å². The molecule has 3 rings (SSSR count). The molecule has 0 spiro atoms. The first-order valence-electron chi connectivity index (χ1n) is 9.07. The number of urea groups is 1. The molecule has 0 radical (unpaired) electrons. The van der Waals surface area contributed by atoms with Crippen LogP contribution in [0.2, 0.25) is 0 Å². The van der Waals surface area contributed by atoms with Gasteiger partial charge in [-0.25, -0.2) is 4.79 Å². The third-order valence-corrected chi connectivity index (χ3v) is 5.15. The molecule has 24 heavy (non-hydrogen) atoms. The fourth-order valence-corrected chi connectivity index (χ4v) is 3.87. The minimum Gasteiger partial charge on any atom is -0.342 e. The summed E-state index contributed by atoms with van der Waals surface area (Å²) in [6.07, 6.45) is 3.39. The van der Waals surface area contributed by atoms with Crippen LogP contribution < -0.4 is 5.32 Å². The van der Waals surface area contributed by atoms with Crippen molar-refractivity contribution in [2.45, 2.75) is 32.1 Å². The summed E-state index contributed by atoms with van der Waals surface area (Å²) in [4.78, 5) is 29.1. The van der Waals surface area contributed by atoms with Crippen LogP contribution in [-0.4, -0.2) is 54.5 Å². The molecule has 0 bridgehead atoms. The van der Waals surface area contributed by atoms with Crippen LogP contribution in [0, 0.1) is 5.92 Å². The van der Waals surface area contributed by atoms with Gasteiger partial charge < -0.3 is 15.1 Å². The fraction of sp³-hybridized carbons (Fsp3) is 0.579. The zero-order valence-electron chi connectivity index (χ0n) is 14.4. The van der Waals surface area contributed by atoms with E-state index >= 15 is 0 Å². The van der Waals surface area contributed by atoms with E-state index in [2.05, 4.69) is 17.4 Å². The quantitative estimate of drug-likeness (QED) is 0.926. The Hall–Kier alpha value is -2.04. The summed E-state index contributed by atoms with van der Waals surface area (Å²) in [7, 11) is 0. The number of benzene rings is 1. The van der Waals surface area contributed by atoms with Crippen LogP contribution >= 0.6 is 0 Å². The Bertz CT molecular complexity index is 569. The van der Waals surface area contributed by atoms with Gasteiger partial charge in [0, 0.05) is 38.6 Å². The summed E-state index contributed by atoms with van der Waals surface area (Å²) >= 11 is 0. The molecular weight excluding hydrogens is 302 g/mol. The van der Waals surface area contributed by atoms with Crippen molar-refractivity contribution in [3.05, 3.63) is 35.9 Å². The average molecular weight is 329 g/mol. The summed E-state index contributed by atoms with van der Waals surface area (Å²) in [5.41, 5.74) is 1.15. The van der Waals surface area contributed by atoms with Gasteiger partial charge in [-0.3, -0.25) is 4.79 Å². The molecule has 5 heteroatoms. The van der Waals surface area contributed by atoms with Gasteiger partial charge >= 0.3 is 6.03 Å². The summed E-state index contributed by atoms with van der Waals surface area (Å²) in [6.45, 7) is 5.37. The van der Waals surface area contributed by atoms with E-state index in [4.69, 9.17) is 0 Å². The predicted octanol–water partition coefficient (Wildman–Crippen LogP) is 2.44. The van der Waals surface area contributed by atoms with Crippen LogP contribution in [0.1, 0.15) is 37.7 Å². The minimum absolute atomic E-state index is 0.0626. The lowest BCUT2D eigenvalue weighted by Gasteiger charge is -2.30. The van der Waals surface area contributed by atoms with Gasteiger partial charge in [0.05, 0.1) is 5.92 Å². The van der Waals surface area contributed by atoms with Gasteiger partial charge in [-0.15, -0.1) is 0 Å². The number of likely N-dealkylation sites (tertiary alicyclic amines) is 2. The molecule has 2 unspecified atom stereocenters. The number of carbonyl (C=O) groups excluding carboxylic acids is 2. The van der Waals surface area contributed by atoms with Crippen LogP contribution in [0.4, 0.5) is 4.79 Å². The normalized spacial score (nSPS) is 24.0. The van der Waals surface area contributed by atoms with E-state index in [0.29, 0.717) is 19.6 Å². The van der Waals surface area contributed by atoms with Crippen LogP contribution in [0.15, 0.2) is 30.3 Å². The summed E-state index contributed by atoms with van der Waals surface area (Å²) in [6, 6.07) is 10.1. The second kappa shape index (κ2) is 7.69. The fourth-order valence-electron chi connectivity index (χ4n) is 3.87. The zero-order valence-corrected chi connectivity index (χ0v) is 14.4. The van der Waals surface area contributed by atoms with Gasteiger partial charge in [0.1, 0.15) is 0 Å². The standard InChI is InChI=1S/C19H27N3O2/c1-2-20-19(24)22-13-16(15-9-5-3-6-10-15)17(14-22)18(23)21-11-7-4-8-12-21/h3,5-6,9-10,16-17H,2,4,7-8,11-14H2,1H3,(H,20,24). The van der Waals surface area contributed by atoms with Crippen LogP contribution in [0.5, 0.6) is 0 Å². The second-order valence-corrected chi connectivity index (χ2v) is 6.75. The van der Waals surface area contributed by atoms with Crippen LogP contribution in [-0.2, 0) is 4.79 Å². The molecule has 1 aromatic carbocycles. The molecule has 5 nitrogen and oxygen atoms in total. The van der Waals surface area contributed by atoms with Gasteiger partial charge in [-0.2, -0.15) is 0 Å². The molecule has 0 aliphatic carbocycles. The Kier molecular flexibility index (Phi) is 5.38. The van der Waals surface area contributed by atoms with Crippen molar-refractivity contribution >= 4 is 11.9 Å². The lowest BCUT2D eigenvalue weighted by atomic mass is 9.87. The van der Waals surface area contributed by atoms with Gasteiger partial charge in [-0.1, -0.05) is 30.3 Å². The highest BCUT2D eigenvalue weighted by atomic mass is 16.2. The highest BCUT2D eigenvalue weighted by Gasteiger charge is 2.42. The highest BCUT2D eigenvalue weighted by molar-refractivity contribution is 5.83. The molecule has 0 aromatic heterocycles. The second-order valence-electron chi connectivity index (χ2n) is 6.75. The number of hydrogen-bond donors (Lipinski definition) is 1. The topological polar surface area (TPSA) is 52.7 Å². The van der Waals surface area contributed by atoms with Crippen molar-refractivity contribution in [2.75, 3.05) is 32.7 Å². The van der Waals surface area contributed by atoms with E-state index in [1.54, 1.807) is 4.90 Å². The van der Waals surface area contributed by atoms with Crippen LogP contribution in [0.3, 0.4) is 0 Å². The number of rotatable bonds is 3. The van der Waals surface area contributed by atoms with Gasteiger partial charge in [0.15, 0.2) is 0 Å². The molecule has 2 fully saturated rings. The first kappa shape index (κ1) is 16.8. The summed E-state index contributed by atoms with van der Waals surface area (Å²) < 4.78 is 0. The summed E-state index contributed by atoms with van der Waals surface area (Å²) in [5.74, 6) is 0.173. The largest absolute Gasteiger partial charge is 0.342 e. The molecular formula is C19H27N3O2. The maximum absolute atomic E-state index is 13.1. The van der Waals surface area contributed by atoms with Crippen molar-refractivity contribution in [1.29, 1.82) is 0 Å². The molecule has 0 saturated carbocycles. The van der Waals surface area contributed by atoms with E-state index < -0.39 is 0 Å². The monoisotopic (exact) mass is 329 g/mol. The molecule has 2 heterocycles. The molecule has 1 aromatic rings. The number of carbonyl (C=O) groups is 2. The number of amides is 3. The Balaban J connectivity index is 1.79. The maximum atomic E-state index is 13.1. The molecule has 3 amide bonds. The van der Waals surface area contributed by atoms with E-state index in [1.165, 1.54) is 6.42 Å². The first-order chi connectivity index (χ1) is 11.7. The first-order valence-corrected chi connectivity index (χ1v) is 9.07. The van der Waals surface area contributed by atoms with Crippen molar-refractivity contribution in [3.8, 4) is 0 Å². The van der Waals surface area contributed by atoms with E-state index in [-0.39, 0.29) is 23.8 Å². The third-order valence-electron chi connectivity index (χ3n) is 5.15. The Labute approximate surface area is 144 Å². The Morgan fingerprint density at radius 3 is 2.42 bits per heavy atom. The average Bonchev–Trinajstić information content (AvgIpc) is 3.08. The SMILES string of the molecule is CCNC(=O)N1CC(C(=O)N2CCCCC2)C(c2ccccc2)C1.